The van der Waals surface area contributed by atoms with E-state index in [9.17, 15) is 14.4 Å². The summed E-state index contributed by atoms with van der Waals surface area (Å²) in [4.78, 5) is 42.1. The highest BCUT2D eigenvalue weighted by atomic mass is 16.6. The second-order valence-electron chi connectivity index (χ2n) is 12.3. The van der Waals surface area contributed by atoms with Gasteiger partial charge in [0.05, 0.1) is 6.54 Å². The number of fused-ring (bicyclic) bond motifs is 1. The number of hydrogen-bond donors (Lipinski definition) is 2. The van der Waals surface area contributed by atoms with Crippen LogP contribution >= 0.6 is 0 Å². The highest BCUT2D eigenvalue weighted by Crippen LogP contribution is 2.34. The van der Waals surface area contributed by atoms with Gasteiger partial charge in [0.15, 0.2) is 0 Å². The zero-order valence-electron chi connectivity index (χ0n) is 26.2. The van der Waals surface area contributed by atoms with E-state index in [-0.39, 0.29) is 17.9 Å². The van der Waals surface area contributed by atoms with E-state index in [2.05, 4.69) is 31.1 Å². The molecule has 9 heteroatoms. The SMILES string of the molecule is C=C1CCC(N2Cc3c(OCc4ccc(CN(CCNC(CC)CC)C(=O)OC(C)(C)C)cc4)cccc3C2=O)C(=O)N1. The van der Waals surface area contributed by atoms with Crippen molar-refractivity contribution in [1.82, 2.24) is 20.4 Å². The Bertz CT molecular complexity index is 1310. The summed E-state index contributed by atoms with van der Waals surface area (Å²) in [6.07, 6.45) is 2.97. The van der Waals surface area contributed by atoms with Crippen molar-refractivity contribution < 1.29 is 23.9 Å². The van der Waals surface area contributed by atoms with Gasteiger partial charge in [0.1, 0.15) is 24.0 Å². The molecular weight excluding hydrogens is 544 g/mol. The lowest BCUT2D eigenvalue weighted by Gasteiger charge is -2.31. The highest BCUT2D eigenvalue weighted by Gasteiger charge is 2.39. The summed E-state index contributed by atoms with van der Waals surface area (Å²) in [7, 11) is 0. The molecule has 232 valence electrons. The lowest BCUT2D eigenvalue weighted by atomic mass is 10.0. The summed E-state index contributed by atoms with van der Waals surface area (Å²) in [6, 6.07) is 13.4. The Kier molecular flexibility index (Phi) is 10.5. The molecule has 2 N–H and O–H groups in total. The van der Waals surface area contributed by atoms with Crippen molar-refractivity contribution in [3.63, 3.8) is 0 Å². The topological polar surface area (TPSA) is 100 Å². The van der Waals surface area contributed by atoms with E-state index in [1.807, 2.05) is 57.2 Å². The van der Waals surface area contributed by atoms with Crippen LogP contribution in [0.3, 0.4) is 0 Å². The maximum Gasteiger partial charge on any atom is 0.410 e. The first-order chi connectivity index (χ1) is 20.5. The second-order valence-corrected chi connectivity index (χ2v) is 12.3. The third-order valence-corrected chi connectivity index (χ3v) is 7.89. The number of nitrogens with one attached hydrogen (secondary N) is 2. The molecular formula is C34H46N4O5. The van der Waals surface area contributed by atoms with E-state index in [1.54, 1.807) is 15.9 Å². The van der Waals surface area contributed by atoms with E-state index in [0.29, 0.717) is 68.7 Å². The Morgan fingerprint density at radius 2 is 1.81 bits per heavy atom. The number of hydrogen-bond acceptors (Lipinski definition) is 6. The van der Waals surface area contributed by atoms with Gasteiger partial charge in [-0.1, -0.05) is 50.8 Å². The van der Waals surface area contributed by atoms with Gasteiger partial charge in [0.25, 0.3) is 5.91 Å². The van der Waals surface area contributed by atoms with Gasteiger partial charge in [-0.3, -0.25) is 9.59 Å². The van der Waals surface area contributed by atoms with Crippen molar-refractivity contribution in [2.45, 2.75) is 97.7 Å². The highest BCUT2D eigenvalue weighted by molar-refractivity contribution is 6.02. The number of carbonyl (C=O) groups excluding carboxylic acids is 3. The van der Waals surface area contributed by atoms with E-state index in [4.69, 9.17) is 9.47 Å². The van der Waals surface area contributed by atoms with Gasteiger partial charge in [-0.15, -0.1) is 0 Å². The average Bonchev–Trinajstić information content (AvgIpc) is 3.30. The number of nitrogens with zero attached hydrogens (tertiary/aromatic N) is 2. The number of benzene rings is 2. The number of amides is 3. The normalized spacial score (nSPS) is 16.7. The van der Waals surface area contributed by atoms with Crippen molar-refractivity contribution >= 4 is 17.9 Å². The van der Waals surface area contributed by atoms with Gasteiger partial charge in [-0.05, 0) is 69.7 Å². The van der Waals surface area contributed by atoms with E-state index in [1.165, 1.54) is 0 Å². The zero-order valence-corrected chi connectivity index (χ0v) is 26.2. The predicted molar refractivity (Wildman–Crippen MR) is 166 cm³/mol. The third-order valence-electron chi connectivity index (χ3n) is 7.89. The first-order valence-corrected chi connectivity index (χ1v) is 15.3. The summed E-state index contributed by atoms with van der Waals surface area (Å²) >= 11 is 0. The van der Waals surface area contributed by atoms with Crippen LogP contribution in [0.15, 0.2) is 54.7 Å². The molecule has 2 aromatic rings. The van der Waals surface area contributed by atoms with Crippen LogP contribution in [-0.4, -0.2) is 58.5 Å². The van der Waals surface area contributed by atoms with Crippen LogP contribution in [0.4, 0.5) is 4.79 Å². The minimum absolute atomic E-state index is 0.151. The van der Waals surface area contributed by atoms with Crippen molar-refractivity contribution in [3.8, 4) is 5.75 Å². The largest absolute Gasteiger partial charge is 0.489 e. The molecule has 2 aliphatic heterocycles. The quantitative estimate of drug-likeness (QED) is 0.337. The number of allylic oxidation sites excluding steroid dienone is 1. The minimum Gasteiger partial charge on any atom is -0.489 e. The van der Waals surface area contributed by atoms with Crippen LogP contribution in [0.25, 0.3) is 0 Å². The summed E-state index contributed by atoms with van der Waals surface area (Å²) in [6.45, 7) is 16.1. The molecule has 1 saturated heterocycles. The second kappa shape index (κ2) is 14.1. The molecule has 2 aromatic carbocycles. The van der Waals surface area contributed by atoms with Gasteiger partial charge in [-0.2, -0.15) is 0 Å². The number of piperidine rings is 1. The smallest absolute Gasteiger partial charge is 0.410 e. The molecule has 0 spiro atoms. The fraction of sp³-hybridized carbons (Fsp3) is 0.500. The van der Waals surface area contributed by atoms with Crippen LogP contribution in [0.5, 0.6) is 5.75 Å². The molecule has 3 amide bonds. The van der Waals surface area contributed by atoms with E-state index in [0.717, 1.165) is 29.5 Å². The molecule has 4 rings (SSSR count). The van der Waals surface area contributed by atoms with Gasteiger partial charge >= 0.3 is 6.09 Å². The third kappa shape index (κ3) is 8.38. The van der Waals surface area contributed by atoms with Gasteiger partial charge in [0, 0.05) is 42.5 Å². The number of ether oxygens (including phenoxy) is 2. The Balaban J connectivity index is 1.38. The van der Waals surface area contributed by atoms with Crippen molar-refractivity contribution in [3.05, 3.63) is 77.0 Å². The summed E-state index contributed by atoms with van der Waals surface area (Å²) < 4.78 is 11.9. The molecule has 2 aliphatic rings. The summed E-state index contributed by atoms with van der Waals surface area (Å²) in [5.41, 5.74) is 3.45. The average molecular weight is 591 g/mol. The predicted octanol–water partition coefficient (Wildman–Crippen LogP) is 5.53. The first kappa shape index (κ1) is 32.1. The Morgan fingerprint density at radius 1 is 1.12 bits per heavy atom. The maximum atomic E-state index is 13.2. The molecule has 2 heterocycles. The van der Waals surface area contributed by atoms with Crippen LogP contribution in [-0.2, 0) is 29.2 Å². The molecule has 0 aliphatic carbocycles. The monoisotopic (exact) mass is 590 g/mol. The number of rotatable bonds is 12. The summed E-state index contributed by atoms with van der Waals surface area (Å²) in [5, 5.41) is 6.30. The van der Waals surface area contributed by atoms with Crippen LogP contribution in [0.1, 0.15) is 87.4 Å². The van der Waals surface area contributed by atoms with E-state index >= 15 is 0 Å². The minimum atomic E-state index is -0.573. The fourth-order valence-corrected chi connectivity index (χ4v) is 5.44. The first-order valence-electron chi connectivity index (χ1n) is 15.3. The lowest BCUT2D eigenvalue weighted by molar-refractivity contribution is -0.126. The Hall–Kier alpha value is -3.85. The molecule has 9 nitrogen and oxygen atoms in total. The maximum absolute atomic E-state index is 13.2. The molecule has 1 fully saturated rings. The standard InChI is InChI=1S/C34H46N4O5/c1-7-26(8-2)35-18-19-37(33(41)43-34(4,5)6)20-24-13-15-25(16-14-24)22-42-30-11-9-10-27-28(30)21-38(32(27)40)29-17-12-23(3)36-31(29)39/h9-11,13-16,26,29,35H,3,7-8,12,17-22H2,1-2,4-6H3,(H,36,39). The van der Waals surface area contributed by atoms with Gasteiger partial charge in [0.2, 0.25) is 5.91 Å². The van der Waals surface area contributed by atoms with Crippen molar-refractivity contribution in [2.24, 2.45) is 0 Å². The molecule has 1 unspecified atom stereocenters. The summed E-state index contributed by atoms with van der Waals surface area (Å²) in [5.74, 6) is 0.300. The van der Waals surface area contributed by atoms with Crippen molar-refractivity contribution in [2.75, 3.05) is 13.1 Å². The van der Waals surface area contributed by atoms with Crippen LogP contribution in [0, 0.1) is 0 Å². The van der Waals surface area contributed by atoms with Gasteiger partial charge in [-0.25, -0.2) is 4.79 Å². The molecule has 0 radical (unpaired) electrons. The molecule has 0 saturated carbocycles. The van der Waals surface area contributed by atoms with E-state index < -0.39 is 11.6 Å². The molecule has 43 heavy (non-hydrogen) atoms. The molecule has 1 atom stereocenters. The fourth-order valence-electron chi connectivity index (χ4n) is 5.44. The Morgan fingerprint density at radius 3 is 2.47 bits per heavy atom. The van der Waals surface area contributed by atoms with Crippen molar-refractivity contribution in [1.29, 1.82) is 0 Å². The van der Waals surface area contributed by atoms with Gasteiger partial charge < -0.3 is 29.9 Å². The lowest BCUT2D eigenvalue weighted by Crippen LogP contribution is -2.49. The Labute approximate surface area is 255 Å². The molecule has 0 aromatic heterocycles. The zero-order chi connectivity index (χ0) is 31.1. The number of carbonyl (C=O) groups is 3. The van der Waals surface area contributed by atoms with Crippen LogP contribution in [0.2, 0.25) is 0 Å². The molecule has 0 bridgehead atoms. The van der Waals surface area contributed by atoms with Crippen LogP contribution < -0.4 is 15.4 Å².